The minimum Gasteiger partial charge on any atom is -0.429 e. The van der Waals surface area contributed by atoms with Crippen molar-refractivity contribution in [2.75, 3.05) is 0 Å². The van der Waals surface area contributed by atoms with Gasteiger partial charge in [0.1, 0.15) is 34.6 Å². The lowest BCUT2D eigenvalue weighted by molar-refractivity contribution is -0.276. The number of benzene rings is 4. The molecule has 4 aromatic carbocycles. The van der Waals surface area contributed by atoms with E-state index in [1.165, 1.54) is 24.3 Å². The van der Waals surface area contributed by atoms with Crippen LogP contribution in [0.2, 0.25) is 0 Å². The fourth-order valence-electron chi connectivity index (χ4n) is 4.56. The number of hydrogen-bond donors (Lipinski definition) is 0. The number of halogens is 12. The Balaban J connectivity index is 1.48. The molecule has 0 fully saturated rings. The zero-order chi connectivity index (χ0) is 34.7. The van der Waals surface area contributed by atoms with Crippen molar-refractivity contribution in [1.82, 2.24) is 0 Å². The summed E-state index contributed by atoms with van der Waals surface area (Å²) in [4.78, 5) is 0. The van der Waals surface area contributed by atoms with Crippen molar-refractivity contribution in [3.8, 4) is 22.6 Å². The highest BCUT2D eigenvalue weighted by Gasteiger charge is 2.41. The molecule has 0 unspecified atom stereocenters. The third-order valence-electron chi connectivity index (χ3n) is 6.72. The van der Waals surface area contributed by atoms with Gasteiger partial charge in [-0.2, -0.15) is 8.78 Å². The summed E-state index contributed by atoms with van der Waals surface area (Å²) in [7, 11) is 0. The molecule has 4 rings (SSSR count). The Morgan fingerprint density at radius 3 is 1.74 bits per heavy atom. The topological polar surface area (TPSA) is 18.5 Å². The average Bonchev–Trinajstić information content (AvgIpc) is 2.96. The maximum atomic E-state index is 14.9. The first-order chi connectivity index (χ1) is 22.0. The van der Waals surface area contributed by atoms with Crippen molar-refractivity contribution >= 4 is 5.83 Å². The van der Waals surface area contributed by atoms with Gasteiger partial charge in [-0.05, 0) is 72.4 Å². The van der Waals surface area contributed by atoms with Crippen molar-refractivity contribution in [2.45, 2.75) is 45.1 Å². The van der Waals surface area contributed by atoms with Gasteiger partial charge >= 0.3 is 12.5 Å². The third kappa shape index (κ3) is 8.60. The summed E-state index contributed by atoms with van der Waals surface area (Å²) in [6.07, 6.45) is -9.64. The highest BCUT2D eigenvalue weighted by atomic mass is 19.4. The van der Waals surface area contributed by atoms with Gasteiger partial charge in [0.05, 0.1) is 0 Å². The normalized spacial score (nSPS) is 12.6. The van der Waals surface area contributed by atoms with Crippen LogP contribution in [0.1, 0.15) is 42.0 Å². The smallest absolute Gasteiger partial charge is 0.429 e. The molecule has 0 radical (unpaired) electrons. The third-order valence-corrected chi connectivity index (χ3v) is 6.72. The first-order valence-corrected chi connectivity index (χ1v) is 13.7. The van der Waals surface area contributed by atoms with Crippen molar-refractivity contribution in [3.63, 3.8) is 0 Å². The van der Waals surface area contributed by atoms with Crippen LogP contribution in [0.25, 0.3) is 17.0 Å². The first kappa shape index (κ1) is 35.2. The van der Waals surface area contributed by atoms with Crippen LogP contribution in [0.5, 0.6) is 11.5 Å². The number of rotatable bonds is 11. The van der Waals surface area contributed by atoms with Crippen LogP contribution in [0.15, 0.2) is 72.6 Å². The minimum absolute atomic E-state index is 0.00862. The summed E-state index contributed by atoms with van der Waals surface area (Å²) in [5, 5.41) is 0. The summed E-state index contributed by atoms with van der Waals surface area (Å²) in [6, 6.07) is 9.22. The van der Waals surface area contributed by atoms with Gasteiger partial charge in [-0.15, -0.1) is 13.2 Å². The highest BCUT2D eigenvalue weighted by molar-refractivity contribution is 5.66. The molecule has 0 aliphatic rings. The Bertz CT molecular complexity index is 1730. The maximum Gasteiger partial charge on any atom is 0.573 e. The molecule has 0 aliphatic carbocycles. The van der Waals surface area contributed by atoms with E-state index in [-0.39, 0.29) is 30.4 Å². The van der Waals surface area contributed by atoms with E-state index in [9.17, 15) is 52.7 Å². The highest BCUT2D eigenvalue weighted by Crippen LogP contribution is 2.38. The lowest BCUT2D eigenvalue weighted by Crippen LogP contribution is -2.25. The second kappa shape index (κ2) is 14.0. The second-order valence-electron chi connectivity index (χ2n) is 10.2. The molecule has 0 aliphatic heterocycles. The zero-order valence-electron chi connectivity index (χ0n) is 24.0. The number of allylic oxidation sites excluding steroid dienone is 1. The lowest BCUT2D eigenvalue weighted by Gasteiger charge is -2.20. The van der Waals surface area contributed by atoms with E-state index in [0.717, 1.165) is 0 Å². The quantitative estimate of drug-likeness (QED) is 0.147. The van der Waals surface area contributed by atoms with Crippen molar-refractivity contribution < 1.29 is 62.2 Å². The van der Waals surface area contributed by atoms with Crippen LogP contribution in [0.3, 0.4) is 0 Å². The Kier molecular flexibility index (Phi) is 10.5. The van der Waals surface area contributed by atoms with Gasteiger partial charge in [0.25, 0.3) is 0 Å². The van der Waals surface area contributed by atoms with E-state index in [4.69, 9.17) is 0 Å². The fraction of sp³-hybridized carbons (Fsp3) is 0.212. The van der Waals surface area contributed by atoms with E-state index >= 15 is 0 Å². The molecule has 0 aromatic heterocycles. The Morgan fingerprint density at radius 2 is 1.21 bits per heavy atom. The molecule has 250 valence electrons. The molecular weight excluding hydrogens is 656 g/mol. The number of ether oxygens (including phenoxy) is 2. The summed E-state index contributed by atoms with van der Waals surface area (Å²) >= 11 is 0. The fourth-order valence-corrected chi connectivity index (χ4v) is 4.56. The van der Waals surface area contributed by atoms with Gasteiger partial charge in [0.2, 0.25) is 5.75 Å². The molecule has 0 atom stereocenters. The van der Waals surface area contributed by atoms with Crippen LogP contribution in [-0.4, -0.2) is 6.36 Å². The van der Waals surface area contributed by atoms with Crippen LogP contribution in [0.4, 0.5) is 52.7 Å². The molecule has 47 heavy (non-hydrogen) atoms. The lowest BCUT2D eigenvalue weighted by atomic mass is 10.0. The molecule has 0 spiro atoms. The molecule has 0 heterocycles. The van der Waals surface area contributed by atoms with Crippen LogP contribution < -0.4 is 9.47 Å². The average molecular weight is 679 g/mol. The summed E-state index contributed by atoms with van der Waals surface area (Å²) < 4.78 is 175. The Morgan fingerprint density at radius 1 is 0.638 bits per heavy atom. The molecule has 4 aromatic rings. The largest absolute Gasteiger partial charge is 0.573 e. The van der Waals surface area contributed by atoms with E-state index < -0.39 is 81.4 Å². The monoisotopic (exact) mass is 678 g/mol. The summed E-state index contributed by atoms with van der Waals surface area (Å²) in [5.74, 6) is -13.1. The van der Waals surface area contributed by atoms with Crippen LogP contribution in [0, 0.1) is 29.1 Å². The number of hydrogen-bond acceptors (Lipinski definition) is 2. The molecule has 0 saturated heterocycles. The first-order valence-electron chi connectivity index (χ1n) is 13.7. The van der Waals surface area contributed by atoms with Gasteiger partial charge in [0.15, 0.2) is 17.5 Å². The van der Waals surface area contributed by atoms with Crippen LogP contribution in [-0.2, 0) is 19.0 Å². The standard InChI is InChI=1S/C33H22F12O2/c1-2-3-23(34)30(40)19-8-6-17(7-9-19)4-5-18-12-25(36)29(26(37)13-18)32(41,42)46-21-10-11-22(24(35)16-21)20-14-27(38)31(28(39)15-20)47-33(43,44)45/h6-16H,2-5H2,1H3. The molecule has 2 nitrogen and oxygen atoms in total. The van der Waals surface area contributed by atoms with Gasteiger partial charge in [0, 0.05) is 23.6 Å². The summed E-state index contributed by atoms with van der Waals surface area (Å²) in [5.41, 5.74) is -2.50. The van der Waals surface area contributed by atoms with Crippen molar-refractivity contribution in [2.24, 2.45) is 0 Å². The van der Waals surface area contributed by atoms with E-state index in [0.29, 0.717) is 54.4 Å². The molecule has 0 saturated carbocycles. The van der Waals surface area contributed by atoms with E-state index in [1.54, 1.807) is 6.92 Å². The molecule has 14 heteroatoms. The van der Waals surface area contributed by atoms with Gasteiger partial charge < -0.3 is 9.47 Å². The zero-order valence-corrected chi connectivity index (χ0v) is 24.0. The van der Waals surface area contributed by atoms with Gasteiger partial charge in [-0.25, -0.2) is 30.7 Å². The van der Waals surface area contributed by atoms with E-state index in [1.807, 2.05) is 0 Å². The predicted octanol–water partition coefficient (Wildman–Crippen LogP) is 11.3. The van der Waals surface area contributed by atoms with Gasteiger partial charge in [-0.3, -0.25) is 0 Å². The van der Waals surface area contributed by atoms with Gasteiger partial charge in [-0.1, -0.05) is 31.2 Å². The SMILES string of the molecule is CCCC(F)=C(F)c1ccc(CCc2cc(F)c(C(F)(F)Oc3ccc(-c4cc(F)c(OC(F)(F)F)c(F)c4)c(F)c3)c(F)c2)cc1. The molecule has 0 N–H and O–H groups in total. The van der Waals surface area contributed by atoms with Crippen molar-refractivity contribution in [1.29, 1.82) is 0 Å². The summed E-state index contributed by atoms with van der Waals surface area (Å²) in [6.45, 7) is 1.69. The van der Waals surface area contributed by atoms with Crippen LogP contribution >= 0.6 is 0 Å². The number of alkyl halides is 5. The minimum atomic E-state index is -5.43. The Labute approximate surface area is 259 Å². The maximum absolute atomic E-state index is 14.9. The molecular formula is C33H22F12O2. The van der Waals surface area contributed by atoms with E-state index in [2.05, 4.69) is 9.47 Å². The molecule has 0 amide bonds. The predicted molar refractivity (Wildman–Crippen MR) is 147 cm³/mol. The second-order valence-corrected chi connectivity index (χ2v) is 10.2. The number of aryl methyl sites for hydroxylation is 2. The Hall–Kier alpha value is -4.62. The molecule has 0 bridgehead atoms. The van der Waals surface area contributed by atoms with Crippen molar-refractivity contribution in [3.05, 3.63) is 124 Å².